The van der Waals surface area contributed by atoms with Crippen LogP contribution in [0.5, 0.6) is 0 Å². The second kappa shape index (κ2) is 6.33. The van der Waals surface area contributed by atoms with E-state index in [0.717, 1.165) is 6.54 Å². The number of carbonyl (C=O) groups is 1. The standard InChI is InChI=1S/C16H24N4O3S/c1-11(2)8-19-5-6-20(14-10-24(22,23)9-13(14)19)16(21)12-3-4-15(17)18-7-12/h3-4,7,11,13-14H,5-6,8-10H2,1-2H3,(H2,17,18)/t13-,14+/m1/s1. The highest BCUT2D eigenvalue weighted by Crippen LogP contribution is 2.28. The fourth-order valence-corrected chi connectivity index (χ4v) is 5.68. The first-order valence-corrected chi connectivity index (χ1v) is 10.1. The van der Waals surface area contributed by atoms with Crippen LogP contribution in [0.4, 0.5) is 5.82 Å². The van der Waals surface area contributed by atoms with Crippen molar-refractivity contribution < 1.29 is 13.2 Å². The Labute approximate surface area is 142 Å². The van der Waals surface area contributed by atoms with Gasteiger partial charge in [0.2, 0.25) is 0 Å². The molecule has 132 valence electrons. The van der Waals surface area contributed by atoms with Gasteiger partial charge in [0.25, 0.3) is 5.91 Å². The Kier molecular flexibility index (Phi) is 4.52. The molecule has 0 unspecified atom stereocenters. The number of pyridine rings is 1. The maximum Gasteiger partial charge on any atom is 0.255 e. The van der Waals surface area contributed by atoms with Crippen molar-refractivity contribution in [3.63, 3.8) is 0 Å². The zero-order valence-electron chi connectivity index (χ0n) is 14.1. The lowest BCUT2D eigenvalue weighted by Crippen LogP contribution is -2.61. The zero-order chi connectivity index (χ0) is 17.5. The van der Waals surface area contributed by atoms with Gasteiger partial charge in [0.15, 0.2) is 9.84 Å². The Bertz CT molecular complexity index is 717. The van der Waals surface area contributed by atoms with E-state index in [0.29, 0.717) is 30.4 Å². The average molecular weight is 352 g/mol. The number of sulfone groups is 1. The third-order valence-corrected chi connectivity index (χ3v) is 6.38. The van der Waals surface area contributed by atoms with Crippen molar-refractivity contribution in [1.29, 1.82) is 0 Å². The van der Waals surface area contributed by atoms with E-state index in [1.807, 2.05) is 0 Å². The highest BCUT2D eigenvalue weighted by molar-refractivity contribution is 7.91. The molecule has 0 saturated carbocycles. The quantitative estimate of drug-likeness (QED) is 0.837. The predicted molar refractivity (Wildman–Crippen MR) is 92.3 cm³/mol. The molecule has 24 heavy (non-hydrogen) atoms. The Morgan fingerprint density at radius 3 is 2.62 bits per heavy atom. The van der Waals surface area contributed by atoms with Crippen LogP contribution < -0.4 is 5.73 Å². The third-order valence-electron chi connectivity index (χ3n) is 4.68. The van der Waals surface area contributed by atoms with E-state index in [2.05, 4.69) is 23.7 Å². The lowest BCUT2D eigenvalue weighted by atomic mass is 10.0. The molecule has 2 aliphatic heterocycles. The van der Waals surface area contributed by atoms with Crippen LogP contribution in [-0.2, 0) is 9.84 Å². The number of nitrogens with zero attached hydrogens (tertiary/aromatic N) is 3. The molecular formula is C16H24N4O3S. The number of carbonyl (C=O) groups excluding carboxylic acids is 1. The molecule has 1 aromatic rings. The molecule has 0 spiro atoms. The minimum atomic E-state index is -3.12. The van der Waals surface area contributed by atoms with E-state index in [4.69, 9.17) is 5.73 Å². The van der Waals surface area contributed by atoms with Crippen LogP contribution in [-0.4, -0.2) is 72.3 Å². The minimum Gasteiger partial charge on any atom is -0.384 e. The highest BCUT2D eigenvalue weighted by atomic mass is 32.2. The van der Waals surface area contributed by atoms with Crippen molar-refractivity contribution in [2.24, 2.45) is 5.92 Å². The molecule has 7 nitrogen and oxygen atoms in total. The summed E-state index contributed by atoms with van der Waals surface area (Å²) in [7, 11) is -3.12. The molecule has 2 atom stereocenters. The number of piperazine rings is 1. The topological polar surface area (TPSA) is 96.6 Å². The van der Waals surface area contributed by atoms with Crippen LogP contribution in [0.1, 0.15) is 24.2 Å². The van der Waals surface area contributed by atoms with Gasteiger partial charge < -0.3 is 10.6 Å². The van der Waals surface area contributed by atoms with Crippen molar-refractivity contribution >= 4 is 21.6 Å². The van der Waals surface area contributed by atoms with Gasteiger partial charge >= 0.3 is 0 Å². The average Bonchev–Trinajstić information content (AvgIpc) is 2.83. The van der Waals surface area contributed by atoms with Gasteiger partial charge in [-0.2, -0.15) is 0 Å². The fourth-order valence-electron chi connectivity index (χ4n) is 3.67. The molecule has 1 amide bonds. The smallest absolute Gasteiger partial charge is 0.255 e. The molecule has 2 fully saturated rings. The molecule has 2 saturated heterocycles. The molecule has 8 heteroatoms. The summed E-state index contributed by atoms with van der Waals surface area (Å²) in [6.45, 7) is 6.32. The number of amides is 1. The lowest BCUT2D eigenvalue weighted by Gasteiger charge is -2.44. The second-order valence-electron chi connectivity index (χ2n) is 7.07. The maximum absolute atomic E-state index is 12.8. The number of aromatic nitrogens is 1. The van der Waals surface area contributed by atoms with Crippen molar-refractivity contribution in [3.8, 4) is 0 Å². The third kappa shape index (κ3) is 3.39. The van der Waals surface area contributed by atoms with Gasteiger partial charge in [-0.1, -0.05) is 13.8 Å². The van der Waals surface area contributed by atoms with Crippen LogP contribution in [0.3, 0.4) is 0 Å². The molecule has 3 rings (SSSR count). The van der Waals surface area contributed by atoms with Crippen LogP contribution in [0, 0.1) is 5.92 Å². The van der Waals surface area contributed by atoms with Gasteiger partial charge in [-0.05, 0) is 18.1 Å². The summed E-state index contributed by atoms with van der Waals surface area (Å²) in [5.74, 6) is 0.820. The van der Waals surface area contributed by atoms with Crippen molar-refractivity contribution in [3.05, 3.63) is 23.9 Å². The van der Waals surface area contributed by atoms with E-state index in [-0.39, 0.29) is 29.5 Å². The van der Waals surface area contributed by atoms with Gasteiger partial charge in [0.1, 0.15) is 5.82 Å². The molecule has 0 bridgehead atoms. The van der Waals surface area contributed by atoms with E-state index in [9.17, 15) is 13.2 Å². The summed E-state index contributed by atoms with van der Waals surface area (Å²) in [6, 6.07) is 2.83. The van der Waals surface area contributed by atoms with E-state index >= 15 is 0 Å². The first-order chi connectivity index (χ1) is 11.3. The SMILES string of the molecule is CC(C)CN1CCN(C(=O)c2ccc(N)nc2)[C@H]2CS(=O)(=O)C[C@H]21. The monoisotopic (exact) mass is 352 g/mol. The first kappa shape index (κ1) is 17.2. The number of hydrogen-bond acceptors (Lipinski definition) is 6. The number of anilines is 1. The Balaban J connectivity index is 1.85. The van der Waals surface area contributed by atoms with Crippen LogP contribution in [0.2, 0.25) is 0 Å². The maximum atomic E-state index is 12.8. The summed E-state index contributed by atoms with van der Waals surface area (Å²) < 4.78 is 24.4. The van der Waals surface area contributed by atoms with Crippen LogP contribution in [0.15, 0.2) is 18.3 Å². The summed E-state index contributed by atoms with van der Waals surface area (Å²) in [5.41, 5.74) is 6.02. The van der Waals surface area contributed by atoms with Gasteiger partial charge in [-0.25, -0.2) is 13.4 Å². The Morgan fingerprint density at radius 1 is 1.29 bits per heavy atom. The molecule has 2 aliphatic rings. The molecular weight excluding hydrogens is 328 g/mol. The number of nitrogens with two attached hydrogens (primary N) is 1. The normalized spacial score (nSPS) is 26.5. The van der Waals surface area contributed by atoms with Crippen LogP contribution in [0.25, 0.3) is 0 Å². The van der Waals surface area contributed by atoms with E-state index < -0.39 is 9.84 Å². The summed E-state index contributed by atoms with van der Waals surface area (Å²) in [4.78, 5) is 20.7. The summed E-state index contributed by atoms with van der Waals surface area (Å²) in [5, 5.41) is 0. The molecule has 0 aliphatic carbocycles. The second-order valence-corrected chi connectivity index (χ2v) is 9.22. The number of hydrogen-bond donors (Lipinski definition) is 1. The molecule has 1 aromatic heterocycles. The number of fused-ring (bicyclic) bond motifs is 1. The van der Waals surface area contributed by atoms with Gasteiger partial charge in [0, 0.05) is 31.9 Å². The summed E-state index contributed by atoms with van der Waals surface area (Å²) in [6.07, 6.45) is 1.45. The van der Waals surface area contributed by atoms with Gasteiger partial charge in [-0.3, -0.25) is 9.69 Å². The number of nitrogen functional groups attached to an aromatic ring is 1. The van der Waals surface area contributed by atoms with Gasteiger partial charge in [0.05, 0.1) is 23.1 Å². The van der Waals surface area contributed by atoms with Crippen molar-refractivity contribution in [1.82, 2.24) is 14.8 Å². The first-order valence-electron chi connectivity index (χ1n) is 8.24. The van der Waals surface area contributed by atoms with Gasteiger partial charge in [-0.15, -0.1) is 0 Å². The van der Waals surface area contributed by atoms with Crippen molar-refractivity contribution in [2.45, 2.75) is 25.9 Å². The van der Waals surface area contributed by atoms with E-state index in [1.54, 1.807) is 17.0 Å². The minimum absolute atomic E-state index is 0.0421. The Hall–Kier alpha value is -1.67. The van der Waals surface area contributed by atoms with Crippen LogP contribution >= 0.6 is 0 Å². The van der Waals surface area contributed by atoms with E-state index in [1.165, 1.54) is 6.20 Å². The zero-order valence-corrected chi connectivity index (χ0v) is 14.9. The molecule has 0 aromatic carbocycles. The highest BCUT2D eigenvalue weighted by Gasteiger charge is 2.48. The van der Waals surface area contributed by atoms with Crippen molar-refractivity contribution in [2.75, 3.05) is 36.9 Å². The summed E-state index contributed by atoms with van der Waals surface area (Å²) >= 11 is 0. The largest absolute Gasteiger partial charge is 0.384 e. The molecule has 0 radical (unpaired) electrons. The number of rotatable bonds is 3. The lowest BCUT2D eigenvalue weighted by molar-refractivity contribution is 0.0297. The Morgan fingerprint density at radius 2 is 2.00 bits per heavy atom. The fraction of sp³-hybridized carbons (Fsp3) is 0.625. The molecule has 3 heterocycles. The predicted octanol–water partition coefficient (Wildman–Crippen LogP) is 0.243. The molecule has 2 N–H and O–H groups in total.